The molecule has 0 aromatic carbocycles. The first kappa shape index (κ1) is 9.68. The quantitative estimate of drug-likeness (QED) is 0.802. The molecule has 0 amide bonds. The Morgan fingerprint density at radius 1 is 1.57 bits per heavy atom. The van der Waals surface area contributed by atoms with Crippen LogP contribution in [0.15, 0.2) is 6.07 Å². The summed E-state index contributed by atoms with van der Waals surface area (Å²) < 4.78 is 0. The third-order valence-electron chi connectivity index (χ3n) is 2.46. The lowest BCUT2D eigenvalue weighted by Crippen LogP contribution is -2.03. The number of fused-ring (bicyclic) bond motifs is 1. The molecule has 2 rings (SSSR count). The number of aliphatic hydroxyl groups is 1. The summed E-state index contributed by atoms with van der Waals surface area (Å²) in [6, 6.07) is 1.96. The lowest BCUT2D eigenvalue weighted by molar-refractivity contribution is -0.139. The Kier molecular flexibility index (Phi) is 2.56. The van der Waals surface area contributed by atoms with E-state index in [1.165, 1.54) is 16.9 Å². The number of aliphatic carboxylic acids is 1. The second kappa shape index (κ2) is 3.71. The van der Waals surface area contributed by atoms with Crippen molar-refractivity contribution in [1.29, 1.82) is 0 Å². The van der Waals surface area contributed by atoms with Gasteiger partial charge in [-0.15, -0.1) is 11.3 Å². The lowest BCUT2D eigenvalue weighted by Gasteiger charge is -2.03. The first-order valence-corrected chi connectivity index (χ1v) is 5.50. The fourth-order valence-corrected chi connectivity index (χ4v) is 3.03. The van der Waals surface area contributed by atoms with Crippen molar-refractivity contribution in [3.63, 3.8) is 0 Å². The van der Waals surface area contributed by atoms with Crippen molar-refractivity contribution in [2.45, 2.75) is 31.8 Å². The Balaban J connectivity index is 2.13. The summed E-state index contributed by atoms with van der Waals surface area (Å²) >= 11 is 1.56. The van der Waals surface area contributed by atoms with E-state index in [2.05, 4.69) is 0 Å². The number of aryl methyl sites for hydroxylation is 2. The van der Waals surface area contributed by atoms with Gasteiger partial charge in [-0.25, -0.2) is 0 Å². The first-order chi connectivity index (χ1) is 6.66. The van der Waals surface area contributed by atoms with Gasteiger partial charge in [0.1, 0.15) is 0 Å². The molecule has 1 atom stereocenters. The van der Waals surface area contributed by atoms with E-state index in [1.54, 1.807) is 11.3 Å². The Morgan fingerprint density at radius 2 is 2.36 bits per heavy atom. The highest BCUT2D eigenvalue weighted by Gasteiger charge is 2.20. The van der Waals surface area contributed by atoms with Gasteiger partial charge in [-0.2, -0.15) is 0 Å². The summed E-state index contributed by atoms with van der Waals surface area (Å²) in [7, 11) is 0. The van der Waals surface area contributed by atoms with E-state index < -0.39 is 12.1 Å². The van der Waals surface area contributed by atoms with Gasteiger partial charge in [-0.1, -0.05) is 0 Å². The Hall–Kier alpha value is -0.870. The van der Waals surface area contributed by atoms with Gasteiger partial charge in [0.15, 0.2) is 0 Å². The van der Waals surface area contributed by atoms with Crippen LogP contribution in [-0.2, 0) is 17.6 Å². The molecule has 1 aliphatic rings. The third kappa shape index (κ3) is 1.81. The Bertz CT molecular complexity index is 335. The highest BCUT2D eigenvalue weighted by molar-refractivity contribution is 7.12. The van der Waals surface area contributed by atoms with Gasteiger partial charge in [0.05, 0.1) is 12.5 Å². The van der Waals surface area contributed by atoms with Crippen molar-refractivity contribution in [3.05, 3.63) is 21.4 Å². The molecule has 0 saturated carbocycles. The molecule has 0 aliphatic heterocycles. The molecule has 0 fully saturated rings. The van der Waals surface area contributed by atoms with Crippen LogP contribution in [0.25, 0.3) is 0 Å². The molecule has 2 N–H and O–H groups in total. The van der Waals surface area contributed by atoms with E-state index in [9.17, 15) is 9.90 Å². The maximum Gasteiger partial charge on any atom is 0.306 e. The molecule has 0 saturated heterocycles. The SMILES string of the molecule is O=C(O)CC(O)c1cc2c(s1)CCC2. The summed E-state index contributed by atoms with van der Waals surface area (Å²) in [5, 5.41) is 18.1. The summed E-state index contributed by atoms with van der Waals surface area (Å²) in [6.45, 7) is 0. The number of carboxylic acids is 1. The fourth-order valence-electron chi connectivity index (χ4n) is 1.78. The van der Waals surface area contributed by atoms with Gasteiger partial charge in [-0.3, -0.25) is 4.79 Å². The van der Waals surface area contributed by atoms with Crippen LogP contribution in [0, 0.1) is 0 Å². The number of carbonyl (C=O) groups is 1. The molecular formula is C10H12O3S. The second-order valence-corrected chi connectivity index (χ2v) is 4.73. The van der Waals surface area contributed by atoms with E-state index in [0.29, 0.717) is 0 Å². The number of aliphatic hydroxyl groups excluding tert-OH is 1. The molecule has 14 heavy (non-hydrogen) atoms. The average molecular weight is 212 g/mol. The molecule has 4 heteroatoms. The predicted molar refractivity (Wildman–Crippen MR) is 53.6 cm³/mol. The fraction of sp³-hybridized carbons (Fsp3) is 0.500. The van der Waals surface area contributed by atoms with Crippen LogP contribution in [0.3, 0.4) is 0 Å². The van der Waals surface area contributed by atoms with Gasteiger partial charge < -0.3 is 10.2 Å². The Morgan fingerprint density at radius 3 is 3.00 bits per heavy atom. The van der Waals surface area contributed by atoms with Gasteiger partial charge in [0.25, 0.3) is 0 Å². The normalized spacial score (nSPS) is 16.6. The summed E-state index contributed by atoms with van der Waals surface area (Å²) in [5.41, 5.74) is 1.30. The van der Waals surface area contributed by atoms with Gasteiger partial charge in [0.2, 0.25) is 0 Å². The maximum atomic E-state index is 10.4. The van der Waals surface area contributed by atoms with Crippen LogP contribution in [-0.4, -0.2) is 16.2 Å². The van der Waals surface area contributed by atoms with Crippen molar-refractivity contribution < 1.29 is 15.0 Å². The average Bonchev–Trinajstić information content (AvgIpc) is 2.58. The molecule has 1 unspecified atom stereocenters. The Labute approximate surface area is 86.0 Å². The van der Waals surface area contributed by atoms with Crippen molar-refractivity contribution in [3.8, 4) is 0 Å². The molecular weight excluding hydrogens is 200 g/mol. The molecule has 0 bridgehead atoms. The zero-order valence-electron chi connectivity index (χ0n) is 7.69. The zero-order chi connectivity index (χ0) is 10.1. The molecule has 1 aromatic rings. The molecule has 1 aromatic heterocycles. The van der Waals surface area contributed by atoms with Crippen LogP contribution in [0.2, 0.25) is 0 Å². The maximum absolute atomic E-state index is 10.4. The van der Waals surface area contributed by atoms with Crippen molar-refractivity contribution in [2.75, 3.05) is 0 Å². The third-order valence-corrected chi connectivity index (χ3v) is 3.80. The minimum atomic E-state index is -0.953. The van der Waals surface area contributed by atoms with Crippen LogP contribution >= 0.6 is 11.3 Å². The molecule has 1 aliphatic carbocycles. The van der Waals surface area contributed by atoms with Crippen molar-refractivity contribution in [1.82, 2.24) is 0 Å². The number of thiophene rings is 1. The van der Waals surface area contributed by atoms with Crippen LogP contribution in [0.5, 0.6) is 0 Å². The first-order valence-electron chi connectivity index (χ1n) is 4.68. The van der Waals surface area contributed by atoms with Crippen molar-refractivity contribution in [2.24, 2.45) is 0 Å². The van der Waals surface area contributed by atoms with Crippen molar-refractivity contribution >= 4 is 17.3 Å². The van der Waals surface area contributed by atoms with Gasteiger partial charge in [0, 0.05) is 9.75 Å². The second-order valence-electron chi connectivity index (χ2n) is 3.56. The summed E-state index contributed by atoms with van der Waals surface area (Å²) in [5.74, 6) is -0.953. The molecule has 0 radical (unpaired) electrons. The van der Waals surface area contributed by atoms with Crippen LogP contribution in [0.1, 0.15) is 34.3 Å². The summed E-state index contributed by atoms with van der Waals surface area (Å²) in [6.07, 6.45) is 2.32. The van der Waals surface area contributed by atoms with Crippen LogP contribution in [0.4, 0.5) is 0 Å². The highest BCUT2D eigenvalue weighted by atomic mass is 32.1. The summed E-state index contributed by atoms with van der Waals surface area (Å²) in [4.78, 5) is 12.5. The van der Waals surface area contributed by atoms with E-state index in [-0.39, 0.29) is 6.42 Å². The van der Waals surface area contributed by atoms with Gasteiger partial charge in [-0.05, 0) is 30.9 Å². The number of rotatable bonds is 3. The van der Waals surface area contributed by atoms with E-state index >= 15 is 0 Å². The largest absolute Gasteiger partial charge is 0.481 e. The minimum absolute atomic E-state index is 0.195. The number of carboxylic acid groups (broad SMARTS) is 1. The van der Waals surface area contributed by atoms with E-state index in [4.69, 9.17) is 5.11 Å². The topological polar surface area (TPSA) is 57.5 Å². The smallest absolute Gasteiger partial charge is 0.306 e. The monoisotopic (exact) mass is 212 g/mol. The van der Waals surface area contributed by atoms with E-state index in [0.717, 1.165) is 17.7 Å². The molecule has 76 valence electrons. The predicted octanol–water partition coefficient (Wildman–Crippen LogP) is 1.74. The molecule has 1 heterocycles. The molecule has 0 spiro atoms. The van der Waals surface area contributed by atoms with Crippen LogP contribution < -0.4 is 0 Å². The number of hydrogen-bond acceptors (Lipinski definition) is 3. The molecule has 3 nitrogen and oxygen atoms in total. The van der Waals surface area contributed by atoms with E-state index in [1.807, 2.05) is 6.07 Å². The highest BCUT2D eigenvalue weighted by Crippen LogP contribution is 2.34. The lowest BCUT2D eigenvalue weighted by atomic mass is 10.2. The standard InChI is InChI=1S/C10H12O3S/c11-7(5-10(12)13)9-4-6-2-1-3-8(6)14-9/h4,7,11H,1-3,5H2,(H,12,13). The zero-order valence-corrected chi connectivity index (χ0v) is 8.51. The number of hydrogen-bond donors (Lipinski definition) is 2. The van der Waals surface area contributed by atoms with Gasteiger partial charge >= 0.3 is 5.97 Å². The minimum Gasteiger partial charge on any atom is -0.481 e.